The van der Waals surface area contributed by atoms with Crippen molar-refractivity contribution in [2.45, 2.75) is 19.8 Å². The first-order valence-electron chi connectivity index (χ1n) is 8.12. The van der Waals surface area contributed by atoms with Crippen LogP contribution in [0.5, 0.6) is 0 Å². The fourth-order valence-corrected chi connectivity index (χ4v) is 2.77. The Hall–Kier alpha value is -1.79. The first-order valence-corrected chi connectivity index (χ1v) is 8.12. The summed E-state index contributed by atoms with van der Waals surface area (Å²) in [5.41, 5.74) is 1.94. The summed E-state index contributed by atoms with van der Waals surface area (Å²) >= 11 is 0. The van der Waals surface area contributed by atoms with Crippen molar-refractivity contribution >= 4 is 30.0 Å². The third-order valence-corrected chi connectivity index (χ3v) is 4.06. The molecule has 0 bridgehead atoms. The Morgan fingerprint density at radius 3 is 2.62 bits per heavy atom. The number of nitrogens with one attached hydrogen (secondary N) is 3. The smallest absolute Gasteiger partial charge is 0.319 e. The average molecular weight is 355 g/mol. The maximum atomic E-state index is 11.9. The summed E-state index contributed by atoms with van der Waals surface area (Å²) in [7, 11) is 1.77. The highest BCUT2D eigenvalue weighted by atomic mass is 35.5. The number of hydrogen-bond acceptors (Lipinski definition) is 3. The molecule has 3 N–H and O–H groups in total. The van der Waals surface area contributed by atoms with Gasteiger partial charge in [0.25, 0.3) is 0 Å². The second-order valence-electron chi connectivity index (χ2n) is 6.08. The number of aryl methyl sites for hydroxylation is 1. The van der Waals surface area contributed by atoms with Crippen molar-refractivity contribution in [3.8, 4) is 0 Å². The fourth-order valence-electron chi connectivity index (χ4n) is 2.77. The van der Waals surface area contributed by atoms with E-state index in [0.717, 1.165) is 30.6 Å². The molecule has 24 heavy (non-hydrogen) atoms. The predicted molar refractivity (Wildman–Crippen MR) is 98.7 cm³/mol. The molecule has 0 spiro atoms. The topological polar surface area (TPSA) is 73.5 Å². The lowest BCUT2D eigenvalue weighted by atomic mass is 9.98. The molecule has 0 radical (unpaired) electrons. The van der Waals surface area contributed by atoms with E-state index in [4.69, 9.17) is 0 Å². The van der Waals surface area contributed by atoms with E-state index in [2.05, 4.69) is 16.0 Å². The quantitative estimate of drug-likeness (QED) is 0.757. The van der Waals surface area contributed by atoms with Crippen LogP contribution in [0.3, 0.4) is 0 Å². The molecule has 1 aliphatic rings. The van der Waals surface area contributed by atoms with Gasteiger partial charge in [-0.15, -0.1) is 12.4 Å². The number of hydrogen-bond donors (Lipinski definition) is 3. The SMILES string of the molecule is CNCC(=O)N1CCCC(CNC(=O)Nc2ccc(C)cc2)C1.Cl. The molecule has 1 saturated heterocycles. The Balaban J connectivity index is 0.00000288. The third kappa shape index (κ3) is 6.37. The van der Waals surface area contributed by atoms with E-state index in [1.807, 2.05) is 36.1 Å². The van der Waals surface area contributed by atoms with Gasteiger partial charge in [0.2, 0.25) is 5.91 Å². The number of urea groups is 1. The zero-order valence-corrected chi connectivity index (χ0v) is 15.1. The van der Waals surface area contributed by atoms with Gasteiger partial charge in [-0.1, -0.05) is 17.7 Å². The first-order chi connectivity index (χ1) is 11.1. The van der Waals surface area contributed by atoms with Crippen molar-refractivity contribution in [1.29, 1.82) is 0 Å². The predicted octanol–water partition coefficient (Wildman–Crippen LogP) is 2.00. The summed E-state index contributed by atoms with van der Waals surface area (Å²) in [5, 5.41) is 8.62. The van der Waals surface area contributed by atoms with Crippen LogP contribution in [0.4, 0.5) is 10.5 Å². The number of carbonyl (C=O) groups excluding carboxylic acids is 2. The molecular formula is C17H27ClN4O2. The molecule has 7 heteroatoms. The summed E-state index contributed by atoms with van der Waals surface area (Å²) in [4.78, 5) is 25.7. The highest BCUT2D eigenvalue weighted by Gasteiger charge is 2.23. The van der Waals surface area contributed by atoms with E-state index in [0.29, 0.717) is 25.6 Å². The number of anilines is 1. The van der Waals surface area contributed by atoms with Crippen LogP contribution in [0, 0.1) is 12.8 Å². The molecule has 1 aromatic rings. The van der Waals surface area contributed by atoms with Crippen molar-refractivity contribution in [3.05, 3.63) is 29.8 Å². The maximum absolute atomic E-state index is 11.9. The number of piperidine rings is 1. The van der Waals surface area contributed by atoms with Gasteiger partial charge in [0.05, 0.1) is 6.54 Å². The molecule has 1 unspecified atom stereocenters. The van der Waals surface area contributed by atoms with Crippen molar-refractivity contribution in [2.24, 2.45) is 5.92 Å². The van der Waals surface area contributed by atoms with E-state index < -0.39 is 0 Å². The number of halogens is 1. The van der Waals surface area contributed by atoms with E-state index >= 15 is 0 Å². The van der Waals surface area contributed by atoms with Gasteiger partial charge in [-0.25, -0.2) is 4.79 Å². The lowest BCUT2D eigenvalue weighted by Gasteiger charge is -2.32. The molecule has 1 atom stereocenters. The molecule has 1 heterocycles. The van der Waals surface area contributed by atoms with Gasteiger partial charge in [-0.3, -0.25) is 4.79 Å². The molecule has 0 aliphatic carbocycles. The highest BCUT2D eigenvalue weighted by Crippen LogP contribution is 2.16. The first kappa shape index (κ1) is 20.3. The lowest BCUT2D eigenvalue weighted by molar-refractivity contribution is -0.131. The van der Waals surface area contributed by atoms with Gasteiger partial charge >= 0.3 is 6.03 Å². The van der Waals surface area contributed by atoms with Crippen LogP contribution >= 0.6 is 12.4 Å². The maximum Gasteiger partial charge on any atom is 0.319 e. The van der Waals surface area contributed by atoms with E-state index in [9.17, 15) is 9.59 Å². The Bertz CT molecular complexity index is 536. The molecule has 2 rings (SSSR count). The zero-order valence-electron chi connectivity index (χ0n) is 14.3. The molecular weight excluding hydrogens is 328 g/mol. The number of rotatable bonds is 5. The number of benzene rings is 1. The summed E-state index contributed by atoms with van der Waals surface area (Å²) in [6.45, 7) is 4.49. The minimum Gasteiger partial charge on any atom is -0.341 e. The van der Waals surface area contributed by atoms with Crippen molar-refractivity contribution in [2.75, 3.05) is 38.5 Å². The number of nitrogens with zero attached hydrogens (tertiary/aromatic N) is 1. The molecule has 3 amide bonds. The fraction of sp³-hybridized carbons (Fsp3) is 0.529. The Morgan fingerprint density at radius 2 is 1.96 bits per heavy atom. The van der Waals surface area contributed by atoms with Crippen LogP contribution in [-0.4, -0.2) is 50.1 Å². The van der Waals surface area contributed by atoms with Gasteiger partial charge in [-0.2, -0.15) is 0 Å². The molecule has 0 saturated carbocycles. The minimum absolute atomic E-state index is 0. The number of carbonyl (C=O) groups is 2. The van der Waals surface area contributed by atoms with Crippen LogP contribution in [-0.2, 0) is 4.79 Å². The summed E-state index contributed by atoms with van der Waals surface area (Å²) in [5.74, 6) is 0.439. The highest BCUT2D eigenvalue weighted by molar-refractivity contribution is 5.89. The Morgan fingerprint density at radius 1 is 1.25 bits per heavy atom. The summed E-state index contributed by atoms with van der Waals surface area (Å²) in [6, 6.07) is 7.48. The molecule has 0 aromatic heterocycles. The van der Waals surface area contributed by atoms with Crippen LogP contribution in [0.25, 0.3) is 0 Å². The van der Waals surface area contributed by atoms with Gasteiger partial charge in [0.15, 0.2) is 0 Å². The second kappa shape index (κ2) is 10.2. The molecule has 1 fully saturated rings. The largest absolute Gasteiger partial charge is 0.341 e. The molecule has 1 aromatic carbocycles. The number of likely N-dealkylation sites (N-methyl/N-ethyl adjacent to an activating group) is 1. The molecule has 6 nitrogen and oxygen atoms in total. The summed E-state index contributed by atoms with van der Waals surface area (Å²) < 4.78 is 0. The van der Waals surface area contributed by atoms with Crippen LogP contribution < -0.4 is 16.0 Å². The van der Waals surface area contributed by atoms with E-state index in [1.165, 1.54) is 0 Å². The molecule has 1 aliphatic heterocycles. The van der Waals surface area contributed by atoms with Crippen molar-refractivity contribution in [1.82, 2.24) is 15.5 Å². The van der Waals surface area contributed by atoms with Crippen LogP contribution in [0.15, 0.2) is 24.3 Å². The monoisotopic (exact) mass is 354 g/mol. The van der Waals surface area contributed by atoms with Gasteiger partial charge in [-0.05, 0) is 44.9 Å². The van der Waals surface area contributed by atoms with Gasteiger partial charge in [0.1, 0.15) is 0 Å². The Kier molecular flexibility index (Phi) is 8.57. The van der Waals surface area contributed by atoms with E-state index in [-0.39, 0.29) is 24.3 Å². The zero-order chi connectivity index (χ0) is 16.7. The standard InChI is InChI=1S/C17H26N4O2.ClH/c1-13-5-7-15(8-6-13)20-17(23)19-10-14-4-3-9-21(12-14)16(22)11-18-2;/h5-8,14,18H,3-4,9-12H2,1-2H3,(H2,19,20,23);1H. The second-order valence-corrected chi connectivity index (χ2v) is 6.08. The third-order valence-electron chi connectivity index (χ3n) is 4.06. The van der Waals surface area contributed by atoms with E-state index in [1.54, 1.807) is 7.05 Å². The number of amides is 3. The molecule has 134 valence electrons. The van der Waals surface area contributed by atoms with Gasteiger partial charge in [0, 0.05) is 25.3 Å². The van der Waals surface area contributed by atoms with Crippen LogP contribution in [0.1, 0.15) is 18.4 Å². The normalized spacial score (nSPS) is 16.9. The lowest BCUT2D eigenvalue weighted by Crippen LogP contribution is -2.46. The van der Waals surface area contributed by atoms with Crippen molar-refractivity contribution < 1.29 is 9.59 Å². The Labute approximate surface area is 149 Å². The van der Waals surface area contributed by atoms with Gasteiger partial charge < -0.3 is 20.9 Å². The van der Waals surface area contributed by atoms with Crippen LogP contribution in [0.2, 0.25) is 0 Å². The number of likely N-dealkylation sites (tertiary alicyclic amines) is 1. The van der Waals surface area contributed by atoms with Crippen molar-refractivity contribution in [3.63, 3.8) is 0 Å². The summed E-state index contributed by atoms with van der Waals surface area (Å²) in [6.07, 6.45) is 2.02. The minimum atomic E-state index is -0.201. The average Bonchev–Trinajstić information content (AvgIpc) is 2.56.